The number of allylic oxidation sites excluding steroid dienone is 1. The Kier molecular flexibility index (Phi) is 11.0. The number of amidine groups is 1. The number of halogens is 1. The number of imide groups is 1. The number of amides is 3. The lowest BCUT2D eigenvalue weighted by atomic mass is 9.92. The van der Waals surface area contributed by atoms with Gasteiger partial charge in [-0.3, -0.25) is 30.0 Å². The van der Waals surface area contributed by atoms with Gasteiger partial charge >= 0.3 is 6.03 Å². The first-order valence-electron chi connectivity index (χ1n) is 19.2. The number of aromatic amines is 1. The second-order valence-corrected chi connectivity index (χ2v) is 15.9. The molecule has 5 heterocycles. The van der Waals surface area contributed by atoms with Crippen LogP contribution in [0.4, 0.5) is 14.9 Å². The molecule has 0 spiro atoms. The van der Waals surface area contributed by atoms with Gasteiger partial charge in [-0.05, 0) is 68.8 Å². The Morgan fingerprint density at radius 2 is 1.86 bits per heavy atom. The van der Waals surface area contributed by atoms with Crippen molar-refractivity contribution < 1.29 is 18.7 Å². The summed E-state index contributed by atoms with van der Waals surface area (Å²) in [6.07, 6.45) is 11.3. The summed E-state index contributed by atoms with van der Waals surface area (Å²) in [5, 5.41) is 19.9. The molecule has 2 N–H and O–H groups in total. The summed E-state index contributed by atoms with van der Waals surface area (Å²) in [7, 11) is 1.93. The molecule has 300 valence electrons. The zero-order valence-electron chi connectivity index (χ0n) is 32.7. The molecule has 0 radical (unpaired) electrons. The van der Waals surface area contributed by atoms with Crippen molar-refractivity contribution in [3.8, 4) is 17.0 Å². The van der Waals surface area contributed by atoms with E-state index in [0.29, 0.717) is 29.4 Å². The fraction of sp³-hybridized carbons (Fsp3) is 0.341. The number of nitrogens with one attached hydrogen (secondary N) is 2. The van der Waals surface area contributed by atoms with Crippen molar-refractivity contribution in [2.24, 2.45) is 21.1 Å². The molecule has 2 aromatic carbocycles. The van der Waals surface area contributed by atoms with Gasteiger partial charge in [-0.25, -0.2) is 23.8 Å². The van der Waals surface area contributed by atoms with Gasteiger partial charge in [0.05, 0.1) is 24.3 Å². The maximum absolute atomic E-state index is 15.8. The topological polar surface area (TPSA) is 152 Å². The number of urea groups is 1. The molecule has 2 fully saturated rings. The number of likely N-dealkylation sites (N-methyl/N-ethyl adjacent to an activating group) is 1. The van der Waals surface area contributed by atoms with Crippen LogP contribution in [-0.2, 0) is 4.79 Å². The van der Waals surface area contributed by atoms with E-state index in [2.05, 4.69) is 90.5 Å². The Hall–Kier alpha value is -6.07. The minimum Gasteiger partial charge on any atom is -0.485 e. The first-order chi connectivity index (χ1) is 28.1. The molecule has 0 saturated carbocycles. The molecule has 2 saturated heterocycles. The Balaban J connectivity index is 0.919. The summed E-state index contributed by atoms with van der Waals surface area (Å²) in [6.45, 7) is 13.5. The zero-order valence-corrected chi connectivity index (χ0v) is 33.6. The fourth-order valence-corrected chi connectivity index (χ4v) is 8.54. The molecule has 4 aliphatic rings. The summed E-state index contributed by atoms with van der Waals surface area (Å²) < 4.78 is 23.3. The number of piperazine rings is 1. The van der Waals surface area contributed by atoms with Gasteiger partial charge in [-0.15, -0.1) is 0 Å². The molecule has 1 aliphatic carbocycles. The zero-order chi connectivity index (χ0) is 40.5. The molecule has 58 heavy (non-hydrogen) atoms. The lowest BCUT2D eigenvalue weighted by Crippen LogP contribution is -2.53. The number of rotatable bonds is 10. The molecule has 15 nitrogen and oxygen atoms in total. The Morgan fingerprint density at radius 3 is 2.59 bits per heavy atom. The van der Waals surface area contributed by atoms with Crippen LogP contribution in [0.15, 0.2) is 110 Å². The molecule has 8 rings (SSSR count). The number of ether oxygens (including phenoxy) is 1. The summed E-state index contributed by atoms with van der Waals surface area (Å²) in [5.41, 5.74) is 3.91. The summed E-state index contributed by atoms with van der Waals surface area (Å²) in [5.74, 6) is 0.211. The third kappa shape index (κ3) is 7.91. The number of hydrazone groups is 1. The van der Waals surface area contributed by atoms with Crippen LogP contribution in [0.1, 0.15) is 38.8 Å². The van der Waals surface area contributed by atoms with Gasteiger partial charge in [0, 0.05) is 86.2 Å². The van der Waals surface area contributed by atoms with E-state index in [1.54, 1.807) is 23.4 Å². The molecule has 3 atom stereocenters. The SMILES string of the molecule is C=Nn1cnc(-c2cn[nH]c2)c(OC(C)C)c1=Nc1ccc(Sc2cccc(C(C)N3CCN(C4=CC5C(C=C4)C(N4CCC(=O)NC4=O)=NN5C)CC3)c2)cc1F. The Morgan fingerprint density at radius 1 is 1.05 bits per heavy atom. The van der Waals surface area contributed by atoms with Gasteiger partial charge in [0.2, 0.25) is 11.4 Å². The summed E-state index contributed by atoms with van der Waals surface area (Å²) >= 11 is 1.50. The maximum atomic E-state index is 15.8. The van der Waals surface area contributed by atoms with E-state index in [1.165, 1.54) is 34.4 Å². The number of fused-ring (bicyclic) bond motifs is 1. The highest BCUT2D eigenvalue weighted by atomic mass is 32.2. The van der Waals surface area contributed by atoms with Crippen LogP contribution in [-0.4, -0.2) is 116 Å². The Labute approximate surface area is 339 Å². The molecular weight excluding hydrogens is 760 g/mol. The van der Waals surface area contributed by atoms with Gasteiger partial charge in [0.25, 0.3) is 0 Å². The van der Waals surface area contributed by atoms with Crippen LogP contribution in [0, 0.1) is 11.7 Å². The number of hydrogen-bond acceptors (Lipinski definition) is 12. The highest BCUT2D eigenvalue weighted by Gasteiger charge is 2.41. The molecule has 2 aromatic heterocycles. The molecular formula is C41H45FN12O3S. The molecule has 3 amide bonds. The van der Waals surface area contributed by atoms with E-state index in [4.69, 9.17) is 9.84 Å². The highest BCUT2D eigenvalue weighted by molar-refractivity contribution is 7.99. The molecule has 4 aromatic rings. The maximum Gasteiger partial charge on any atom is 0.329 e. The van der Waals surface area contributed by atoms with Crippen molar-refractivity contribution in [3.63, 3.8) is 0 Å². The number of H-pyrrole nitrogens is 1. The van der Waals surface area contributed by atoms with Crippen LogP contribution in [0.5, 0.6) is 5.75 Å². The van der Waals surface area contributed by atoms with Crippen molar-refractivity contribution >= 4 is 41.9 Å². The number of carbonyl (C=O) groups excluding carboxylic acids is 2. The second kappa shape index (κ2) is 16.4. The predicted molar refractivity (Wildman–Crippen MR) is 219 cm³/mol. The summed E-state index contributed by atoms with van der Waals surface area (Å²) in [4.78, 5) is 41.6. The predicted octanol–water partition coefficient (Wildman–Crippen LogP) is 5.36. The first kappa shape index (κ1) is 38.8. The number of benzene rings is 2. The minimum atomic E-state index is -0.488. The number of aromatic nitrogens is 4. The lowest BCUT2D eigenvalue weighted by Gasteiger charge is -2.41. The smallest absolute Gasteiger partial charge is 0.329 e. The van der Waals surface area contributed by atoms with E-state index in [-0.39, 0.29) is 47.6 Å². The van der Waals surface area contributed by atoms with E-state index < -0.39 is 11.8 Å². The monoisotopic (exact) mass is 804 g/mol. The average molecular weight is 805 g/mol. The standard InChI is InChI=1S/C41H45FN12O3S/c1-25(2)57-38-37(28-22-45-46-23-28)44-24-54(43-4)40(38)47-34-12-10-31(21-33(34)42)58-30-8-6-7-27(19-30)26(3)51-15-17-52(18-16-51)29-9-11-32-35(20-29)50(5)49-39(32)53-14-13-36(55)48-41(53)56/h6-12,19-26,32,35H,4,13-18H2,1-3,5H3,(H,45,46)(H,48,55,56). The molecule has 17 heteroatoms. The van der Waals surface area contributed by atoms with Crippen LogP contribution in [0.25, 0.3) is 11.3 Å². The third-order valence-corrected chi connectivity index (χ3v) is 11.6. The van der Waals surface area contributed by atoms with Crippen LogP contribution in [0.3, 0.4) is 0 Å². The molecule has 3 unspecified atom stereocenters. The van der Waals surface area contributed by atoms with Crippen LogP contribution in [0.2, 0.25) is 0 Å². The minimum absolute atomic E-state index is 0.00183. The summed E-state index contributed by atoms with van der Waals surface area (Å²) in [6, 6.07) is 13.2. The van der Waals surface area contributed by atoms with Gasteiger partial charge < -0.3 is 9.64 Å². The van der Waals surface area contributed by atoms with Gasteiger partial charge in [0.1, 0.15) is 29.4 Å². The van der Waals surface area contributed by atoms with Crippen molar-refractivity contribution in [2.75, 3.05) is 39.8 Å². The van der Waals surface area contributed by atoms with E-state index >= 15 is 4.39 Å². The second-order valence-electron chi connectivity index (χ2n) is 14.7. The van der Waals surface area contributed by atoms with Crippen molar-refractivity contribution in [2.45, 2.75) is 55.2 Å². The Bertz CT molecular complexity index is 2380. The lowest BCUT2D eigenvalue weighted by molar-refractivity contribution is -0.121. The van der Waals surface area contributed by atoms with Crippen molar-refractivity contribution in [3.05, 3.63) is 102 Å². The average Bonchev–Trinajstić information content (AvgIpc) is 3.87. The van der Waals surface area contributed by atoms with E-state index in [9.17, 15) is 9.59 Å². The quantitative estimate of drug-likeness (QED) is 0.202. The number of hydrogen-bond donors (Lipinski definition) is 2. The van der Waals surface area contributed by atoms with Crippen LogP contribution < -0.4 is 15.5 Å². The molecule has 3 aliphatic heterocycles. The first-order valence-corrected chi connectivity index (χ1v) is 20.1. The van der Waals surface area contributed by atoms with Gasteiger partial charge in [-0.1, -0.05) is 30.0 Å². The van der Waals surface area contributed by atoms with Crippen molar-refractivity contribution in [1.82, 2.24) is 44.9 Å². The van der Waals surface area contributed by atoms with Crippen LogP contribution >= 0.6 is 11.8 Å². The highest BCUT2D eigenvalue weighted by Crippen LogP contribution is 2.35. The third-order valence-electron chi connectivity index (χ3n) is 10.7. The van der Waals surface area contributed by atoms with E-state index in [1.807, 2.05) is 38.0 Å². The van der Waals surface area contributed by atoms with Gasteiger partial charge in [-0.2, -0.15) is 15.3 Å². The van der Waals surface area contributed by atoms with Gasteiger partial charge in [0.15, 0.2) is 5.75 Å². The molecule has 0 bridgehead atoms. The normalized spacial score (nSPS) is 20.6. The number of carbonyl (C=O) groups is 2. The fourth-order valence-electron chi connectivity index (χ4n) is 7.63. The van der Waals surface area contributed by atoms with Crippen molar-refractivity contribution in [1.29, 1.82) is 0 Å². The number of nitrogens with zero attached hydrogens (tertiary/aromatic N) is 10. The van der Waals surface area contributed by atoms with E-state index in [0.717, 1.165) is 41.7 Å². The largest absolute Gasteiger partial charge is 0.485 e.